The smallest absolute Gasteiger partial charge is 0.263 e. The molecule has 0 bridgehead atoms. The van der Waals surface area contributed by atoms with E-state index < -0.39 is 0 Å². The van der Waals surface area contributed by atoms with Crippen LogP contribution in [-0.4, -0.2) is 42.9 Å². The number of nitrogens with zero attached hydrogens (tertiary/aromatic N) is 1. The van der Waals surface area contributed by atoms with Crippen LogP contribution in [0.1, 0.15) is 27.4 Å². The van der Waals surface area contributed by atoms with Crippen LogP contribution in [0.4, 0.5) is 0 Å². The SMILES string of the molecule is Cc1ccc(C(=O)N2CCCC(C(=O)NCCN)C2)s1. The number of amides is 2. The van der Waals surface area contributed by atoms with Crippen molar-refractivity contribution in [1.29, 1.82) is 0 Å². The van der Waals surface area contributed by atoms with Gasteiger partial charge in [-0.05, 0) is 31.9 Å². The molecule has 1 aromatic rings. The first kappa shape index (κ1) is 15.0. The van der Waals surface area contributed by atoms with Crippen molar-refractivity contribution in [2.75, 3.05) is 26.2 Å². The lowest BCUT2D eigenvalue weighted by atomic mass is 9.97. The molecule has 1 atom stereocenters. The molecule has 1 saturated heterocycles. The maximum absolute atomic E-state index is 12.4. The third-order valence-corrected chi connectivity index (χ3v) is 4.46. The first-order chi connectivity index (χ1) is 9.61. The zero-order valence-corrected chi connectivity index (χ0v) is 12.5. The first-order valence-corrected chi connectivity index (χ1v) is 7.77. The van der Waals surface area contributed by atoms with Crippen molar-refractivity contribution < 1.29 is 9.59 Å². The highest BCUT2D eigenvalue weighted by molar-refractivity contribution is 7.13. The molecule has 3 N–H and O–H groups in total. The Hall–Kier alpha value is -1.40. The van der Waals surface area contributed by atoms with Crippen LogP contribution in [0.5, 0.6) is 0 Å². The van der Waals surface area contributed by atoms with Crippen molar-refractivity contribution >= 4 is 23.2 Å². The van der Waals surface area contributed by atoms with Crippen LogP contribution >= 0.6 is 11.3 Å². The molecular formula is C14H21N3O2S. The van der Waals surface area contributed by atoms with Gasteiger partial charge in [0.2, 0.25) is 5.91 Å². The van der Waals surface area contributed by atoms with Gasteiger partial charge in [-0.25, -0.2) is 0 Å². The number of nitrogens with one attached hydrogen (secondary N) is 1. The van der Waals surface area contributed by atoms with Crippen molar-refractivity contribution in [3.63, 3.8) is 0 Å². The molecule has 0 radical (unpaired) electrons. The molecule has 1 fully saturated rings. The average Bonchev–Trinajstić information content (AvgIpc) is 2.90. The maximum atomic E-state index is 12.4. The Morgan fingerprint density at radius 1 is 1.50 bits per heavy atom. The van der Waals surface area contributed by atoms with E-state index in [0.717, 1.165) is 29.1 Å². The highest BCUT2D eigenvalue weighted by atomic mass is 32.1. The number of carbonyl (C=O) groups is 2. The Labute approximate surface area is 123 Å². The van der Waals surface area contributed by atoms with Gasteiger partial charge in [0.25, 0.3) is 5.91 Å². The molecule has 0 saturated carbocycles. The number of aryl methyl sites for hydroxylation is 1. The molecule has 2 heterocycles. The van der Waals surface area contributed by atoms with E-state index in [-0.39, 0.29) is 17.7 Å². The lowest BCUT2D eigenvalue weighted by Crippen LogP contribution is -2.46. The fourth-order valence-corrected chi connectivity index (χ4v) is 3.26. The predicted octanol–water partition coefficient (Wildman–Crippen LogP) is 0.984. The minimum atomic E-state index is -0.111. The molecule has 2 amide bonds. The second-order valence-electron chi connectivity index (χ2n) is 5.08. The van der Waals surface area contributed by atoms with E-state index in [0.29, 0.717) is 19.6 Å². The Morgan fingerprint density at radius 2 is 2.30 bits per heavy atom. The summed E-state index contributed by atoms with van der Waals surface area (Å²) in [7, 11) is 0. The second-order valence-corrected chi connectivity index (χ2v) is 6.37. The minimum Gasteiger partial charge on any atom is -0.355 e. The zero-order valence-electron chi connectivity index (χ0n) is 11.7. The fraction of sp³-hybridized carbons (Fsp3) is 0.571. The Kier molecular flexibility index (Phi) is 5.14. The summed E-state index contributed by atoms with van der Waals surface area (Å²) in [5.41, 5.74) is 5.38. The van der Waals surface area contributed by atoms with Gasteiger partial charge >= 0.3 is 0 Å². The molecule has 1 aliphatic heterocycles. The molecule has 0 aliphatic carbocycles. The Bertz CT molecular complexity index is 487. The third kappa shape index (κ3) is 3.58. The van der Waals surface area contributed by atoms with Gasteiger partial charge in [-0.15, -0.1) is 11.3 Å². The molecule has 110 valence electrons. The third-order valence-electron chi connectivity index (χ3n) is 3.47. The minimum absolute atomic E-state index is 0.00955. The van der Waals surface area contributed by atoms with Gasteiger partial charge in [-0.1, -0.05) is 0 Å². The second kappa shape index (κ2) is 6.85. The number of nitrogens with two attached hydrogens (primary N) is 1. The van der Waals surface area contributed by atoms with Crippen molar-refractivity contribution in [3.8, 4) is 0 Å². The quantitative estimate of drug-likeness (QED) is 0.869. The van der Waals surface area contributed by atoms with E-state index in [4.69, 9.17) is 5.73 Å². The summed E-state index contributed by atoms with van der Waals surface area (Å²) in [6.45, 7) is 4.16. The molecule has 0 spiro atoms. The van der Waals surface area contributed by atoms with E-state index in [1.54, 1.807) is 4.90 Å². The lowest BCUT2D eigenvalue weighted by Gasteiger charge is -2.31. The van der Waals surface area contributed by atoms with Gasteiger partial charge in [0, 0.05) is 31.1 Å². The average molecular weight is 295 g/mol. The van der Waals surface area contributed by atoms with E-state index in [1.807, 2.05) is 19.1 Å². The largest absolute Gasteiger partial charge is 0.355 e. The first-order valence-electron chi connectivity index (χ1n) is 6.95. The summed E-state index contributed by atoms with van der Waals surface area (Å²) >= 11 is 1.50. The molecule has 1 aromatic heterocycles. The summed E-state index contributed by atoms with van der Waals surface area (Å²) in [5.74, 6) is -0.0601. The summed E-state index contributed by atoms with van der Waals surface area (Å²) in [6.07, 6.45) is 1.71. The number of rotatable bonds is 4. The van der Waals surface area contributed by atoms with E-state index >= 15 is 0 Å². The standard InChI is InChI=1S/C14H21N3O2S/c1-10-4-5-12(20-10)14(19)17-8-2-3-11(9-17)13(18)16-7-6-15/h4-5,11H,2-3,6-9,15H2,1H3,(H,16,18). The van der Waals surface area contributed by atoms with Gasteiger partial charge in [0.15, 0.2) is 0 Å². The number of thiophene rings is 1. The fourth-order valence-electron chi connectivity index (χ4n) is 2.42. The predicted molar refractivity (Wildman–Crippen MR) is 79.7 cm³/mol. The van der Waals surface area contributed by atoms with Crippen LogP contribution in [0, 0.1) is 12.8 Å². The van der Waals surface area contributed by atoms with Gasteiger partial charge in [-0.3, -0.25) is 9.59 Å². The van der Waals surface area contributed by atoms with Gasteiger partial charge in [-0.2, -0.15) is 0 Å². The normalized spacial score (nSPS) is 18.9. The number of likely N-dealkylation sites (tertiary alicyclic amines) is 1. The number of carbonyl (C=O) groups excluding carboxylic acids is 2. The zero-order chi connectivity index (χ0) is 14.5. The maximum Gasteiger partial charge on any atom is 0.263 e. The van der Waals surface area contributed by atoms with Gasteiger partial charge in [0.1, 0.15) is 0 Å². The van der Waals surface area contributed by atoms with Gasteiger partial charge in [0.05, 0.1) is 10.8 Å². The summed E-state index contributed by atoms with van der Waals surface area (Å²) in [4.78, 5) is 28.0. The molecular weight excluding hydrogens is 274 g/mol. The topological polar surface area (TPSA) is 75.4 Å². The van der Waals surface area contributed by atoms with Crippen LogP contribution in [0.3, 0.4) is 0 Å². The van der Waals surface area contributed by atoms with E-state index in [1.165, 1.54) is 11.3 Å². The monoisotopic (exact) mass is 295 g/mol. The highest BCUT2D eigenvalue weighted by Crippen LogP contribution is 2.22. The van der Waals surface area contributed by atoms with Crippen LogP contribution < -0.4 is 11.1 Å². The van der Waals surface area contributed by atoms with Crippen LogP contribution in [0.2, 0.25) is 0 Å². The summed E-state index contributed by atoms with van der Waals surface area (Å²) < 4.78 is 0. The van der Waals surface area contributed by atoms with Crippen molar-refractivity contribution in [2.45, 2.75) is 19.8 Å². The highest BCUT2D eigenvalue weighted by Gasteiger charge is 2.29. The number of hydrogen-bond acceptors (Lipinski definition) is 4. The van der Waals surface area contributed by atoms with Crippen molar-refractivity contribution in [2.24, 2.45) is 11.7 Å². The Balaban J connectivity index is 1.96. The molecule has 0 aromatic carbocycles. The summed E-state index contributed by atoms with van der Waals surface area (Å²) in [6, 6.07) is 3.81. The lowest BCUT2D eigenvalue weighted by molar-refractivity contribution is -0.126. The molecule has 5 nitrogen and oxygen atoms in total. The molecule has 20 heavy (non-hydrogen) atoms. The van der Waals surface area contributed by atoms with Crippen LogP contribution in [-0.2, 0) is 4.79 Å². The van der Waals surface area contributed by atoms with Crippen molar-refractivity contribution in [1.82, 2.24) is 10.2 Å². The molecule has 2 rings (SSSR count). The number of hydrogen-bond donors (Lipinski definition) is 2. The van der Waals surface area contributed by atoms with Crippen LogP contribution in [0.15, 0.2) is 12.1 Å². The summed E-state index contributed by atoms with van der Waals surface area (Å²) in [5, 5.41) is 2.81. The molecule has 6 heteroatoms. The molecule has 1 unspecified atom stereocenters. The van der Waals surface area contributed by atoms with Gasteiger partial charge < -0.3 is 16.0 Å². The Morgan fingerprint density at radius 3 is 2.95 bits per heavy atom. The van der Waals surface area contributed by atoms with E-state index in [9.17, 15) is 9.59 Å². The molecule has 1 aliphatic rings. The number of piperidine rings is 1. The van der Waals surface area contributed by atoms with Crippen LogP contribution in [0.25, 0.3) is 0 Å². The van der Waals surface area contributed by atoms with Crippen molar-refractivity contribution in [3.05, 3.63) is 21.9 Å². The van der Waals surface area contributed by atoms with E-state index in [2.05, 4.69) is 5.32 Å².